The van der Waals surface area contributed by atoms with Crippen LogP contribution >= 0.6 is 0 Å². The number of benzene rings is 6. The predicted octanol–water partition coefficient (Wildman–Crippen LogP) is 14.5. The summed E-state index contributed by atoms with van der Waals surface area (Å²) in [6, 6.07) is 59.1. The minimum atomic E-state index is -0.195. The third-order valence-electron chi connectivity index (χ3n) is 15.3. The number of anilines is 2. The number of para-hydroxylation sites is 2. The van der Waals surface area contributed by atoms with E-state index >= 15 is 0 Å². The van der Waals surface area contributed by atoms with Gasteiger partial charge in [-0.3, -0.25) is 4.99 Å². The van der Waals surface area contributed by atoms with Gasteiger partial charge in [0.15, 0.2) is 0 Å². The van der Waals surface area contributed by atoms with Crippen molar-refractivity contribution in [2.45, 2.75) is 62.2 Å². The van der Waals surface area contributed by atoms with Crippen LogP contribution in [0.4, 0.5) is 11.4 Å². The average Bonchev–Trinajstić information content (AvgIpc) is 3.97. The number of fused-ring (bicyclic) bond motifs is 7. The standard InChI is InChI=1S/C62H54N5O/c1-6-18-40(19-7-1)45-34-46(41-20-8-2-9-21-41)36-47(35-45)48-37-52(62-65-60(42-22-10-3-11-23-42)64-61(66-62)43-24-12-4-13-25-43)59(63-39-48)44-30-31-51-56(38-44)68-55-33-32-54-57(58(51)55)50-28-16-17-29-53(50)67(54)49-26-14-5-15-27-49/h1,3-8,10-34,36,38-39,47-48,52,54,57,59-62,64-65H,2,9,35,37H2/q-1. The summed E-state index contributed by atoms with van der Waals surface area (Å²) in [7, 11) is 0. The molecule has 68 heavy (non-hydrogen) atoms. The summed E-state index contributed by atoms with van der Waals surface area (Å²) in [5, 5.41) is 14.8. The fraction of sp³-hybridized carbons (Fsp3) is 0.210. The number of hydrogen-bond donors (Lipinski definition) is 2. The van der Waals surface area contributed by atoms with E-state index < -0.39 is 0 Å². The van der Waals surface area contributed by atoms with Gasteiger partial charge in [-0.05, 0) is 107 Å². The molecule has 2 N–H and O–H groups in total. The molecule has 1 aromatic heterocycles. The van der Waals surface area contributed by atoms with Crippen LogP contribution in [0, 0.1) is 17.8 Å². The van der Waals surface area contributed by atoms with Gasteiger partial charge in [0.25, 0.3) is 0 Å². The summed E-state index contributed by atoms with van der Waals surface area (Å²) in [6.45, 7) is 0. The van der Waals surface area contributed by atoms with E-state index in [-0.39, 0.29) is 54.3 Å². The van der Waals surface area contributed by atoms with Crippen molar-refractivity contribution >= 4 is 40.2 Å². The zero-order chi connectivity index (χ0) is 45.0. The van der Waals surface area contributed by atoms with Crippen molar-refractivity contribution in [1.82, 2.24) is 10.6 Å². The van der Waals surface area contributed by atoms with Gasteiger partial charge >= 0.3 is 0 Å². The highest BCUT2D eigenvalue weighted by atomic mass is 16.3. The molecule has 0 radical (unpaired) electrons. The van der Waals surface area contributed by atoms with Crippen LogP contribution in [0.3, 0.4) is 0 Å². The van der Waals surface area contributed by atoms with Gasteiger partial charge in [0.2, 0.25) is 0 Å². The van der Waals surface area contributed by atoms with Gasteiger partial charge < -0.3 is 25.3 Å². The first-order valence-electron chi connectivity index (χ1n) is 24.6. The average molecular weight is 885 g/mol. The van der Waals surface area contributed by atoms with E-state index in [0.717, 1.165) is 48.2 Å². The number of nitrogens with one attached hydrogen (secondary N) is 2. The van der Waals surface area contributed by atoms with E-state index in [1.807, 2.05) is 0 Å². The number of furan rings is 1. The maximum Gasteiger partial charge on any atom is 0.135 e. The summed E-state index contributed by atoms with van der Waals surface area (Å²) in [5.41, 5.74) is 14.8. The molecule has 6 aromatic carbocycles. The van der Waals surface area contributed by atoms with E-state index in [9.17, 15) is 0 Å². The largest absolute Gasteiger partial charge is 0.628 e. The third kappa shape index (κ3) is 7.44. The fourth-order valence-corrected chi connectivity index (χ4v) is 12.1. The second kappa shape index (κ2) is 17.5. The quantitative estimate of drug-likeness (QED) is 0.160. The van der Waals surface area contributed by atoms with Gasteiger partial charge in [-0.2, -0.15) is 0 Å². The SMILES string of the molecule is C1=CC(C2=CC(C3C=NC(c4ccc5c6c(oc5c4)C=CC4C6c5ccccc5N4c4ccccc4)C(C4[N-]C(c5ccccc5)NC(c5ccccc5)N4)C3)CC(c3ccccc3)=C2)=CCC1. The van der Waals surface area contributed by atoms with E-state index in [0.29, 0.717) is 0 Å². The summed E-state index contributed by atoms with van der Waals surface area (Å²) in [6.07, 6.45) is 22.5. The molecule has 6 nitrogen and oxygen atoms in total. The normalized spacial score (nSPS) is 27.2. The van der Waals surface area contributed by atoms with Crippen LogP contribution in [-0.2, 0) is 0 Å². The highest BCUT2D eigenvalue weighted by molar-refractivity contribution is 5.91. The Balaban J connectivity index is 0.898. The van der Waals surface area contributed by atoms with Crippen LogP contribution in [0.1, 0.15) is 89.1 Å². The second-order valence-electron chi connectivity index (χ2n) is 19.3. The molecule has 0 spiro atoms. The highest BCUT2D eigenvalue weighted by Crippen LogP contribution is 2.54. The van der Waals surface area contributed by atoms with Gasteiger partial charge in [-0.15, -0.1) is 0 Å². The zero-order valence-electron chi connectivity index (χ0n) is 38.0. The number of allylic oxidation sites excluding steroid dienone is 8. The summed E-state index contributed by atoms with van der Waals surface area (Å²) in [4.78, 5) is 8.17. The second-order valence-corrected chi connectivity index (χ2v) is 19.3. The molecule has 334 valence electrons. The van der Waals surface area contributed by atoms with Crippen molar-refractivity contribution in [1.29, 1.82) is 0 Å². The van der Waals surface area contributed by atoms with Crippen LogP contribution in [-0.4, -0.2) is 18.4 Å². The molecule has 6 aliphatic rings. The predicted molar refractivity (Wildman–Crippen MR) is 278 cm³/mol. The van der Waals surface area contributed by atoms with Crippen molar-refractivity contribution in [2.24, 2.45) is 22.7 Å². The molecule has 0 saturated carbocycles. The Labute approximate surface area is 399 Å². The molecule has 0 bridgehead atoms. The maximum absolute atomic E-state index is 6.93. The lowest BCUT2D eigenvalue weighted by Gasteiger charge is -2.55. The molecule has 9 unspecified atom stereocenters. The molecule has 3 aliphatic heterocycles. The lowest BCUT2D eigenvalue weighted by molar-refractivity contribution is 0.201. The summed E-state index contributed by atoms with van der Waals surface area (Å²) < 4.78 is 6.93. The van der Waals surface area contributed by atoms with Gasteiger partial charge in [0, 0.05) is 40.4 Å². The zero-order valence-corrected chi connectivity index (χ0v) is 38.0. The van der Waals surface area contributed by atoms with Crippen LogP contribution in [0.25, 0.3) is 27.9 Å². The lowest BCUT2D eigenvalue weighted by atomic mass is 9.72. The van der Waals surface area contributed by atoms with Crippen LogP contribution in [0.5, 0.6) is 0 Å². The minimum Gasteiger partial charge on any atom is -0.628 e. The number of hydrogen-bond acceptors (Lipinski definition) is 5. The molecule has 3 aliphatic carbocycles. The Morgan fingerprint density at radius 3 is 2.22 bits per heavy atom. The molecule has 7 aromatic rings. The number of nitrogens with zero attached hydrogens (tertiary/aromatic N) is 3. The van der Waals surface area contributed by atoms with Gasteiger partial charge in [-0.1, -0.05) is 194 Å². The molecule has 0 amide bonds. The Bertz CT molecular complexity index is 3120. The van der Waals surface area contributed by atoms with Crippen molar-refractivity contribution < 1.29 is 4.42 Å². The van der Waals surface area contributed by atoms with Crippen LogP contribution in [0.2, 0.25) is 0 Å². The van der Waals surface area contributed by atoms with Crippen LogP contribution in [0.15, 0.2) is 221 Å². The van der Waals surface area contributed by atoms with E-state index in [4.69, 9.17) is 14.7 Å². The Hall–Kier alpha value is -7.09. The minimum absolute atomic E-state index is 0.0497. The summed E-state index contributed by atoms with van der Waals surface area (Å²) >= 11 is 0. The topological polar surface area (TPSA) is 66.9 Å². The Kier molecular flexibility index (Phi) is 10.6. The first-order valence-corrected chi connectivity index (χ1v) is 24.6. The first kappa shape index (κ1) is 41.1. The number of rotatable bonds is 8. The monoisotopic (exact) mass is 884 g/mol. The smallest absolute Gasteiger partial charge is 0.135 e. The van der Waals surface area contributed by atoms with E-state index in [1.54, 1.807) is 0 Å². The first-order chi connectivity index (χ1) is 33.7. The van der Waals surface area contributed by atoms with Crippen molar-refractivity contribution in [2.75, 3.05) is 4.90 Å². The molecule has 6 heteroatoms. The van der Waals surface area contributed by atoms with E-state index in [1.165, 1.54) is 55.7 Å². The van der Waals surface area contributed by atoms with Crippen molar-refractivity contribution in [3.63, 3.8) is 0 Å². The van der Waals surface area contributed by atoms with Crippen molar-refractivity contribution in [3.8, 4) is 0 Å². The Morgan fingerprint density at radius 2 is 1.43 bits per heavy atom. The van der Waals surface area contributed by atoms with Crippen LogP contribution < -0.4 is 15.5 Å². The fourth-order valence-electron chi connectivity index (χ4n) is 12.1. The number of aliphatic imine (C=N–C) groups is 1. The third-order valence-corrected chi connectivity index (χ3v) is 15.3. The molecule has 1 fully saturated rings. The maximum atomic E-state index is 6.93. The van der Waals surface area contributed by atoms with Crippen molar-refractivity contribution in [3.05, 3.63) is 256 Å². The molecule has 9 atom stereocenters. The molecular weight excluding hydrogens is 831 g/mol. The van der Waals surface area contributed by atoms with Gasteiger partial charge in [-0.25, -0.2) is 0 Å². The molecule has 13 rings (SSSR count). The van der Waals surface area contributed by atoms with E-state index in [2.05, 4.69) is 228 Å². The Morgan fingerprint density at radius 1 is 0.676 bits per heavy atom. The molecule has 1 saturated heterocycles. The lowest BCUT2D eigenvalue weighted by Crippen LogP contribution is -2.52. The van der Waals surface area contributed by atoms with Gasteiger partial charge in [0.05, 0.1) is 18.2 Å². The summed E-state index contributed by atoms with van der Waals surface area (Å²) in [5.74, 6) is 1.62. The van der Waals surface area contributed by atoms with Gasteiger partial charge in [0.1, 0.15) is 11.3 Å². The molecular formula is C62H54N5O-. The molecule has 4 heterocycles. The highest BCUT2D eigenvalue weighted by Gasteiger charge is 2.44.